The predicted molar refractivity (Wildman–Crippen MR) is 386 cm³/mol. The van der Waals surface area contributed by atoms with Crippen molar-refractivity contribution in [2.45, 2.75) is 45.3 Å². The van der Waals surface area contributed by atoms with Crippen LogP contribution in [0.5, 0.6) is 0 Å². The Bertz CT molecular complexity index is 5060. The van der Waals surface area contributed by atoms with E-state index in [-0.39, 0.29) is 48.0 Å². The molecule has 5 N–H and O–H groups in total. The number of amides is 1. The van der Waals surface area contributed by atoms with Gasteiger partial charge in [0.2, 0.25) is 5.91 Å². The van der Waals surface area contributed by atoms with E-state index in [1.165, 1.54) is 61.7 Å². The second-order valence-electron chi connectivity index (χ2n) is 24.4. The summed E-state index contributed by atoms with van der Waals surface area (Å²) in [4.78, 5) is 62.1. The number of likely N-dealkylation sites (N-methyl/N-ethyl adjacent to an activating group) is 2. The maximum absolute atomic E-state index is 18.6. The Morgan fingerprint density at radius 1 is 0.578 bits per heavy atom. The fourth-order valence-electron chi connectivity index (χ4n) is 12.7. The number of aryl methyl sites for hydroxylation is 1. The minimum atomic E-state index is -1.25. The maximum Gasteiger partial charge on any atom is 0.222 e. The monoisotopic (exact) mass is 1360 g/mol. The van der Waals surface area contributed by atoms with Crippen LogP contribution in [-0.4, -0.2) is 84.5 Å². The topological polar surface area (TPSA) is 205 Å². The van der Waals surface area contributed by atoms with Crippen LogP contribution in [0.25, 0.3) is 62.0 Å². The van der Waals surface area contributed by atoms with Gasteiger partial charge in [-0.2, -0.15) is 0 Å². The van der Waals surface area contributed by atoms with Gasteiger partial charge in [-0.1, -0.05) is 42.5 Å². The number of hydrogen-bond donors (Lipinski definition) is 4. The maximum atomic E-state index is 18.6. The van der Waals surface area contributed by atoms with Gasteiger partial charge in [0.25, 0.3) is 0 Å². The summed E-state index contributed by atoms with van der Waals surface area (Å²) in [5, 5.41) is 10.5. The molecule has 1 aliphatic heterocycles. The average Bonchev–Trinajstić information content (AvgIpc) is 0.727. The van der Waals surface area contributed by atoms with E-state index in [9.17, 15) is 4.79 Å². The van der Waals surface area contributed by atoms with Gasteiger partial charge in [-0.15, -0.1) is 0 Å². The van der Waals surface area contributed by atoms with Crippen LogP contribution in [0, 0.1) is 42.1 Å². The number of carbonyl (C=O) groups excluding carboxylic acids is 1. The molecule has 0 spiro atoms. The van der Waals surface area contributed by atoms with E-state index in [2.05, 4.69) is 46.9 Å². The Balaban J connectivity index is 1.08. The third-order valence-corrected chi connectivity index (χ3v) is 17.6. The quantitative estimate of drug-likeness (QED) is 0.0415. The second-order valence-corrected chi connectivity index (χ2v) is 24.4. The minimum absolute atomic E-state index is 0.0516. The molecule has 1 aliphatic rings. The SMILES string of the molecule is CC(=O)NC1=C(c2ccc(F)cc2)[C]=C(NCC(N)c2nccc(C)c2-c2ncccn2)C(c2ccc(F)c(-c3ccc(F)cc3N(C)CCc3ccccn3)c2N(C)CCc2cccnc2-c2ccncc2)N1c1ccnc(-c2ccc(F)cc2)c1NCc1ccnc(-c2ccccc2F)n1. The van der Waals surface area contributed by atoms with Gasteiger partial charge in [0.05, 0.1) is 58.0 Å². The number of nitrogens with one attached hydrogen (secondary N) is 3. The molecule has 0 aliphatic carbocycles. The summed E-state index contributed by atoms with van der Waals surface area (Å²) in [6, 6.07) is 43.0. The lowest BCUT2D eigenvalue weighted by Crippen LogP contribution is -2.45. The van der Waals surface area contributed by atoms with Crippen molar-refractivity contribution in [1.29, 1.82) is 0 Å². The predicted octanol–water partition coefficient (Wildman–Crippen LogP) is 14.6. The first kappa shape index (κ1) is 68.1. The summed E-state index contributed by atoms with van der Waals surface area (Å²) in [6.07, 6.45) is 19.4. The van der Waals surface area contributed by atoms with Crippen LogP contribution in [-0.2, 0) is 24.2 Å². The molecule has 1 amide bonds. The fourth-order valence-corrected chi connectivity index (χ4v) is 12.7. The van der Waals surface area contributed by atoms with Gasteiger partial charge in [0, 0.05) is 165 Å². The van der Waals surface area contributed by atoms with E-state index in [1.54, 1.807) is 122 Å². The summed E-state index contributed by atoms with van der Waals surface area (Å²) in [5.74, 6) is -2.68. The van der Waals surface area contributed by atoms with Crippen molar-refractivity contribution >= 4 is 34.2 Å². The highest BCUT2D eigenvalue weighted by Crippen LogP contribution is 2.51. The largest absolute Gasteiger partial charge is 0.384 e. The van der Waals surface area contributed by atoms with Crippen LogP contribution < -0.4 is 36.4 Å². The number of nitrogens with zero attached hydrogens (tertiary/aromatic N) is 12. The number of rotatable bonds is 24. The Morgan fingerprint density at radius 3 is 2.01 bits per heavy atom. The highest BCUT2D eigenvalue weighted by Gasteiger charge is 2.40. The van der Waals surface area contributed by atoms with E-state index in [4.69, 9.17) is 25.7 Å². The first-order valence-electron chi connectivity index (χ1n) is 32.9. The molecule has 13 rings (SSSR count). The van der Waals surface area contributed by atoms with Crippen LogP contribution >= 0.6 is 0 Å². The Morgan fingerprint density at radius 2 is 1.25 bits per heavy atom. The van der Waals surface area contributed by atoms with Crippen molar-refractivity contribution in [3.63, 3.8) is 0 Å². The number of anilines is 4. The van der Waals surface area contributed by atoms with Crippen LogP contribution in [0.3, 0.4) is 0 Å². The molecular weight excluding hydrogens is 1300 g/mol. The molecule has 509 valence electrons. The van der Waals surface area contributed by atoms with Gasteiger partial charge in [-0.05, 0) is 157 Å². The zero-order chi connectivity index (χ0) is 70.8. The lowest BCUT2D eigenvalue weighted by Gasteiger charge is -2.43. The normalized spacial score (nSPS) is 13.1. The second kappa shape index (κ2) is 30.8. The molecule has 7 aromatic heterocycles. The number of allylic oxidation sites excluding steroid dienone is 2. The van der Waals surface area contributed by atoms with Gasteiger partial charge in [0.1, 0.15) is 40.9 Å². The molecule has 0 saturated carbocycles. The average molecular weight is 1360 g/mol. The lowest BCUT2D eigenvalue weighted by molar-refractivity contribution is -0.118. The summed E-state index contributed by atoms with van der Waals surface area (Å²) < 4.78 is 80.9. The molecule has 2 atom stereocenters. The van der Waals surface area contributed by atoms with Gasteiger partial charge in [-0.3, -0.25) is 29.7 Å². The molecule has 8 heterocycles. The highest BCUT2D eigenvalue weighted by atomic mass is 19.1. The third-order valence-electron chi connectivity index (χ3n) is 17.6. The number of pyridine rings is 5. The van der Waals surface area contributed by atoms with Crippen LogP contribution in [0.15, 0.2) is 237 Å². The molecular formula is C80H68F5N16O. The summed E-state index contributed by atoms with van der Waals surface area (Å²) in [7, 11) is 3.68. The third kappa shape index (κ3) is 14.9. The van der Waals surface area contributed by atoms with Gasteiger partial charge in [0.15, 0.2) is 11.6 Å². The van der Waals surface area contributed by atoms with Gasteiger partial charge >= 0.3 is 0 Å². The van der Waals surface area contributed by atoms with E-state index < -0.39 is 47.1 Å². The molecule has 0 saturated heterocycles. The molecule has 1 radical (unpaired) electrons. The molecule has 2 unspecified atom stereocenters. The molecule has 12 aromatic rings. The standard InChI is InChI=1S/C80H68F5N16O/c1-49-27-40-91-74(70(49)79-92-36-10-37-93-79)66(86)48-95-67-46-63(51-15-19-55(81)20-16-51)80(97-50(2)102)101(68-31-42-90-73(53-17-21-56(82)22-18-53)75(68)96-47-59-30-41-94-78(98-59)60-13-5-6-14-64(60)84)76(67)62-25-26-65(85)71(61-24-23-57(83)45-69(61)99(3)44-33-58-12-7-8-34-88-58)77(62)100(4)43-32-52-11-9-35-89-72(52)54-28-38-87-39-29-54/h5-31,34-42,45,66,76,95-96H,32-33,43-44,47-48,86H2,1-4H3,(H,97,102). The van der Waals surface area contributed by atoms with Gasteiger partial charge in [-0.25, -0.2) is 41.9 Å². The van der Waals surface area contributed by atoms with Crippen molar-refractivity contribution in [2.75, 3.05) is 53.7 Å². The van der Waals surface area contributed by atoms with Crippen LogP contribution in [0.1, 0.15) is 58.3 Å². The number of nitrogens with two attached hydrogens (primary N) is 1. The molecule has 0 bridgehead atoms. The number of halogens is 5. The molecule has 17 nitrogen and oxygen atoms in total. The fraction of sp³-hybridized carbons (Fsp3) is 0.150. The van der Waals surface area contributed by atoms with E-state index >= 15 is 22.0 Å². The van der Waals surface area contributed by atoms with Crippen molar-refractivity contribution < 1.29 is 26.7 Å². The van der Waals surface area contributed by atoms with Crippen molar-refractivity contribution in [3.8, 4) is 56.4 Å². The first-order chi connectivity index (χ1) is 49.6. The number of aromatic nitrogens is 9. The Hall–Kier alpha value is -12.4. The zero-order valence-corrected chi connectivity index (χ0v) is 56.0. The smallest absolute Gasteiger partial charge is 0.222 e. The highest BCUT2D eigenvalue weighted by molar-refractivity contribution is 5.94. The van der Waals surface area contributed by atoms with Crippen molar-refractivity contribution in [3.05, 3.63) is 312 Å². The first-order valence-corrected chi connectivity index (χ1v) is 32.9. The molecule has 0 fully saturated rings. The Labute approximate surface area is 586 Å². The lowest BCUT2D eigenvalue weighted by atomic mass is 9.87. The number of carbonyl (C=O) groups is 1. The summed E-state index contributed by atoms with van der Waals surface area (Å²) in [5.41, 5.74) is 17.0. The van der Waals surface area contributed by atoms with E-state index in [1.807, 2.05) is 84.2 Å². The van der Waals surface area contributed by atoms with E-state index in [0.717, 1.165) is 22.4 Å². The molecule has 22 heteroatoms. The zero-order valence-electron chi connectivity index (χ0n) is 56.0. The van der Waals surface area contributed by atoms with Crippen LogP contribution in [0.2, 0.25) is 0 Å². The number of hydrogen-bond acceptors (Lipinski definition) is 16. The Kier molecular flexibility index (Phi) is 20.5. The molecule has 5 aromatic carbocycles. The minimum Gasteiger partial charge on any atom is -0.384 e. The van der Waals surface area contributed by atoms with Crippen LogP contribution in [0.4, 0.5) is 44.7 Å². The molecule has 102 heavy (non-hydrogen) atoms. The van der Waals surface area contributed by atoms with E-state index in [0.29, 0.717) is 104 Å². The number of benzene rings is 5. The summed E-state index contributed by atoms with van der Waals surface area (Å²) >= 11 is 0. The summed E-state index contributed by atoms with van der Waals surface area (Å²) in [6.45, 7) is 3.73. The van der Waals surface area contributed by atoms with Crippen molar-refractivity contribution in [2.24, 2.45) is 5.73 Å². The van der Waals surface area contributed by atoms with Crippen molar-refractivity contribution in [1.82, 2.24) is 55.5 Å². The van der Waals surface area contributed by atoms with Gasteiger partial charge < -0.3 is 36.4 Å².